The van der Waals surface area contributed by atoms with Gasteiger partial charge in [0.05, 0.1) is 24.6 Å². The van der Waals surface area contributed by atoms with E-state index in [9.17, 15) is 14.7 Å². The van der Waals surface area contributed by atoms with Crippen molar-refractivity contribution in [2.45, 2.75) is 90.6 Å². The largest absolute Gasteiger partial charge is 0.390 e. The third-order valence-electron chi connectivity index (χ3n) is 6.18. The van der Waals surface area contributed by atoms with Crippen LogP contribution in [0.4, 0.5) is 0 Å². The van der Waals surface area contributed by atoms with Crippen LogP contribution in [0.1, 0.15) is 65.4 Å². The standard InChI is InChI=1S/C26H44N4O3/c1-18(2)14-22(27)26(33)29-23(15-19(3)4)24(31)16-25(32)28-21-10-12-30(13-11-21)17-20-8-6-5-7-9-20/h5-9,18-19,21-24,31H,10-17,27H2,1-4H3,(H,28,32)(H,29,33)/t22-,23?,24-/m0/s1. The predicted molar refractivity (Wildman–Crippen MR) is 132 cm³/mol. The van der Waals surface area contributed by atoms with Crippen LogP contribution in [0.5, 0.6) is 0 Å². The van der Waals surface area contributed by atoms with Gasteiger partial charge in [-0.25, -0.2) is 0 Å². The van der Waals surface area contributed by atoms with Gasteiger partial charge in [0.1, 0.15) is 0 Å². The van der Waals surface area contributed by atoms with Crippen LogP contribution >= 0.6 is 0 Å². The highest BCUT2D eigenvalue weighted by Crippen LogP contribution is 2.16. The van der Waals surface area contributed by atoms with Gasteiger partial charge in [0, 0.05) is 25.7 Å². The van der Waals surface area contributed by atoms with Gasteiger partial charge in [-0.2, -0.15) is 0 Å². The number of amides is 2. The Bertz CT molecular complexity index is 718. The summed E-state index contributed by atoms with van der Waals surface area (Å²) in [6, 6.07) is 9.43. The summed E-state index contributed by atoms with van der Waals surface area (Å²) in [5.41, 5.74) is 7.31. The van der Waals surface area contributed by atoms with Crippen LogP contribution in [-0.4, -0.2) is 59.1 Å². The molecule has 1 unspecified atom stereocenters. The molecule has 5 N–H and O–H groups in total. The minimum Gasteiger partial charge on any atom is -0.390 e. The highest BCUT2D eigenvalue weighted by Gasteiger charge is 2.28. The lowest BCUT2D eigenvalue weighted by Gasteiger charge is -2.33. The van der Waals surface area contributed by atoms with Gasteiger partial charge in [-0.1, -0.05) is 58.0 Å². The van der Waals surface area contributed by atoms with E-state index in [-0.39, 0.29) is 30.2 Å². The first-order chi connectivity index (χ1) is 15.6. The Balaban J connectivity index is 1.79. The van der Waals surface area contributed by atoms with E-state index in [4.69, 9.17) is 5.73 Å². The van der Waals surface area contributed by atoms with E-state index in [1.807, 2.05) is 33.8 Å². The summed E-state index contributed by atoms with van der Waals surface area (Å²) in [6.07, 6.45) is 1.99. The second kappa shape index (κ2) is 13.7. The number of carbonyl (C=O) groups excluding carboxylic acids is 2. The van der Waals surface area contributed by atoms with Crippen LogP contribution in [-0.2, 0) is 16.1 Å². The number of carbonyl (C=O) groups is 2. The van der Waals surface area contributed by atoms with Gasteiger partial charge < -0.3 is 21.5 Å². The maximum atomic E-state index is 12.6. The van der Waals surface area contributed by atoms with E-state index >= 15 is 0 Å². The number of piperidine rings is 1. The molecule has 0 aliphatic carbocycles. The van der Waals surface area contributed by atoms with Crippen molar-refractivity contribution in [3.63, 3.8) is 0 Å². The molecule has 2 rings (SSSR count). The van der Waals surface area contributed by atoms with E-state index in [0.717, 1.165) is 32.5 Å². The molecule has 1 aliphatic rings. The number of hydrogen-bond acceptors (Lipinski definition) is 5. The third-order valence-corrected chi connectivity index (χ3v) is 6.18. The zero-order valence-electron chi connectivity index (χ0n) is 20.8. The van der Waals surface area contributed by atoms with Crippen molar-refractivity contribution in [2.75, 3.05) is 13.1 Å². The van der Waals surface area contributed by atoms with Crippen LogP contribution in [0.15, 0.2) is 30.3 Å². The van der Waals surface area contributed by atoms with Crippen molar-refractivity contribution < 1.29 is 14.7 Å². The fourth-order valence-corrected chi connectivity index (χ4v) is 4.42. The number of hydrogen-bond donors (Lipinski definition) is 4. The van der Waals surface area contributed by atoms with Gasteiger partial charge in [-0.15, -0.1) is 0 Å². The van der Waals surface area contributed by atoms with Gasteiger partial charge in [0.2, 0.25) is 11.8 Å². The van der Waals surface area contributed by atoms with Gasteiger partial charge in [0.15, 0.2) is 0 Å². The number of rotatable bonds is 12. The number of nitrogens with two attached hydrogens (primary N) is 1. The summed E-state index contributed by atoms with van der Waals surface area (Å²) >= 11 is 0. The number of aliphatic hydroxyl groups excluding tert-OH is 1. The molecule has 3 atom stereocenters. The molecular weight excluding hydrogens is 416 g/mol. The fraction of sp³-hybridized carbons (Fsp3) is 0.692. The van der Waals surface area contributed by atoms with Crippen molar-refractivity contribution in [2.24, 2.45) is 17.6 Å². The maximum absolute atomic E-state index is 12.6. The monoisotopic (exact) mass is 460 g/mol. The Morgan fingerprint density at radius 3 is 2.24 bits per heavy atom. The highest BCUT2D eigenvalue weighted by atomic mass is 16.3. The highest BCUT2D eigenvalue weighted by molar-refractivity contribution is 5.82. The molecule has 2 amide bonds. The number of nitrogens with zero attached hydrogens (tertiary/aromatic N) is 1. The van der Waals surface area contributed by atoms with E-state index in [1.54, 1.807) is 0 Å². The summed E-state index contributed by atoms with van der Waals surface area (Å²) in [5, 5.41) is 16.7. The number of benzene rings is 1. The first-order valence-corrected chi connectivity index (χ1v) is 12.4. The molecular formula is C26H44N4O3. The van der Waals surface area contributed by atoms with Crippen molar-refractivity contribution >= 4 is 11.8 Å². The van der Waals surface area contributed by atoms with Gasteiger partial charge in [0.25, 0.3) is 0 Å². The van der Waals surface area contributed by atoms with Gasteiger partial charge >= 0.3 is 0 Å². The van der Waals surface area contributed by atoms with Crippen LogP contribution in [0.3, 0.4) is 0 Å². The molecule has 1 fully saturated rings. The molecule has 1 aromatic rings. The minimum absolute atomic E-state index is 0.0265. The topological polar surface area (TPSA) is 108 Å². The minimum atomic E-state index is -0.944. The zero-order chi connectivity index (χ0) is 24.4. The normalized spacial score (nSPS) is 18.2. The number of nitrogens with one attached hydrogen (secondary N) is 2. The maximum Gasteiger partial charge on any atom is 0.237 e. The van der Waals surface area contributed by atoms with E-state index in [2.05, 4.69) is 39.8 Å². The molecule has 1 saturated heterocycles. The van der Waals surface area contributed by atoms with Crippen molar-refractivity contribution in [3.05, 3.63) is 35.9 Å². The second-order valence-electron chi connectivity index (χ2n) is 10.4. The van der Waals surface area contributed by atoms with Crippen molar-refractivity contribution in [1.82, 2.24) is 15.5 Å². The Kier molecular flexibility index (Phi) is 11.3. The summed E-state index contributed by atoms with van der Waals surface area (Å²) in [7, 11) is 0. The lowest BCUT2D eigenvalue weighted by molar-refractivity contribution is -0.127. The molecule has 186 valence electrons. The molecule has 1 aromatic carbocycles. The van der Waals surface area contributed by atoms with E-state index in [1.165, 1.54) is 5.56 Å². The molecule has 0 radical (unpaired) electrons. The second-order valence-corrected chi connectivity index (χ2v) is 10.4. The smallest absolute Gasteiger partial charge is 0.237 e. The SMILES string of the molecule is CC(C)CC(NC(=O)[C@@H](N)CC(C)C)[C@@H](O)CC(=O)NC1CCN(Cc2ccccc2)CC1. The summed E-state index contributed by atoms with van der Waals surface area (Å²) in [5.74, 6) is 0.144. The lowest BCUT2D eigenvalue weighted by Crippen LogP contribution is -2.52. The summed E-state index contributed by atoms with van der Waals surface area (Å²) in [4.78, 5) is 27.5. The number of likely N-dealkylation sites (tertiary alicyclic amines) is 1. The molecule has 0 saturated carbocycles. The summed E-state index contributed by atoms with van der Waals surface area (Å²) in [6.45, 7) is 10.9. The molecule has 33 heavy (non-hydrogen) atoms. The Labute approximate surface area is 199 Å². The molecule has 7 heteroatoms. The molecule has 0 spiro atoms. The Hall–Kier alpha value is -1.96. The molecule has 7 nitrogen and oxygen atoms in total. The molecule has 0 aromatic heterocycles. The predicted octanol–water partition coefficient (Wildman–Crippen LogP) is 2.42. The van der Waals surface area contributed by atoms with Crippen LogP contribution < -0.4 is 16.4 Å². The van der Waals surface area contributed by atoms with Gasteiger partial charge in [-0.3, -0.25) is 14.5 Å². The molecule has 0 bridgehead atoms. The zero-order valence-corrected chi connectivity index (χ0v) is 20.8. The molecule has 1 heterocycles. The van der Waals surface area contributed by atoms with Crippen LogP contribution in [0.2, 0.25) is 0 Å². The Morgan fingerprint density at radius 1 is 1.06 bits per heavy atom. The Morgan fingerprint density at radius 2 is 1.67 bits per heavy atom. The van der Waals surface area contributed by atoms with Crippen molar-refractivity contribution in [1.29, 1.82) is 0 Å². The van der Waals surface area contributed by atoms with Crippen LogP contribution in [0, 0.1) is 11.8 Å². The lowest BCUT2D eigenvalue weighted by atomic mass is 9.95. The first kappa shape index (κ1) is 27.3. The van der Waals surface area contributed by atoms with E-state index in [0.29, 0.717) is 18.8 Å². The number of aliphatic hydroxyl groups is 1. The van der Waals surface area contributed by atoms with E-state index < -0.39 is 18.2 Å². The quantitative estimate of drug-likeness (QED) is 0.383. The van der Waals surface area contributed by atoms with Crippen molar-refractivity contribution in [3.8, 4) is 0 Å². The first-order valence-electron chi connectivity index (χ1n) is 12.4. The average Bonchev–Trinajstić information content (AvgIpc) is 2.74. The third kappa shape index (κ3) is 10.2. The van der Waals surface area contributed by atoms with Gasteiger partial charge in [-0.05, 0) is 43.1 Å². The van der Waals surface area contributed by atoms with Crippen LogP contribution in [0.25, 0.3) is 0 Å². The fourth-order valence-electron chi connectivity index (χ4n) is 4.42. The average molecular weight is 461 g/mol. The molecule has 1 aliphatic heterocycles. The summed E-state index contributed by atoms with van der Waals surface area (Å²) < 4.78 is 0.